The average Bonchev–Trinajstić information content (AvgIpc) is 3.25. The first-order valence-corrected chi connectivity index (χ1v) is 7.63. The van der Waals surface area contributed by atoms with Crippen molar-refractivity contribution in [3.8, 4) is 0 Å². The Morgan fingerprint density at radius 1 is 0.885 bits per heavy atom. The van der Waals surface area contributed by atoms with Crippen molar-refractivity contribution in [3.05, 3.63) is 34.7 Å². The van der Waals surface area contributed by atoms with Gasteiger partial charge in [0.15, 0.2) is 12.2 Å². The van der Waals surface area contributed by atoms with E-state index >= 15 is 0 Å². The third-order valence-electron chi connectivity index (χ3n) is 3.47. The molecule has 0 saturated carbocycles. The first-order chi connectivity index (χ1) is 12.5. The van der Waals surface area contributed by atoms with Crippen molar-refractivity contribution in [1.29, 1.82) is 0 Å². The van der Waals surface area contributed by atoms with Crippen LogP contribution in [0.3, 0.4) is 0 Å². The number of rotatable bonds is 8. The van der Waals surface area contributed by atoms with Gasteiger partial charge in [0.25, 0.3) is 0 Å². The van der Waals surface area contributed by atoms with Gasteiger partial charge in [-0.2, -0.15) is 20.1 Å². The number of carbonyl (C=O) groups is 2. The molecular weight excluding hydrogens is 356 g/mol. The molecule has 2 heterocycles. The third kappa shape index (κ3) is 4.57. The summed E-state index contributed by atoms with van der Waals surface area (Å²) in [5.74, 6) is 0. The molecule has 12 heteroatoms. The summed E-state index contributed by atoms with van der Waals surface area (Å²) in [4.78, 5) is 31.8. The van der Waals surface area contributed by atoms with Crippen LogP contribution in [0.1, 0.15) is 0 Å². The molecule has 2 fully saturated rings. The van der Waals surface area contributed by atoms with E-state index in [1.807, 2.05) is 0 Å². The Morgan fingerprint density at radius 2 is 1.31 bits per heavy atom. The molecule has 0 amide bonds. The van der Waals surface area contributed by atoms with Crippen LogP contribution in [-0.4, -0.2) is 50.9 Å². The average molecular weight is 372 g/mol. The van der Waals surface area contributed by atoms with E-state index in [2.05, 4.69) is 9.47 Å². The number of ether oxygens (including phenoxy) is 4. The molecule has 4 unspecified atom stereocenters. The smallest absolute Gasteiger partial charge is 0.508 e. The molecule has 0 spiro atoms. The van der Waals surface area contributed by atoms with Crippen molar-refractivity contribution in [2.75, 3.05) is 26.4 Å². The zero-order chi connectivity index (χ0) is 18.5. The van der Waals surface area contributed by atoms with Crippen LogP contribution < -0.4 is 10.5 Å². The van der Waals surface area contributed by atoms with Gasteiger partial charge in [0, 0.05) is 12.1 Å². The second-order valence-corrected chi connectivity index (χ2v) is 5.34. The highest BCUT2D eigenvalue weighted by Crippen LogP contribution is 2.13. The Hall–Kier alpha value is -2.48. The van der Waals surface area contributed by atoms with E-state index < -0.39 is 35.0 Å². The van der Waals surface area contributed by atoms with Crippen molar-refractivity contribution in [3.63, 3.8) is 0 Å². The van der Waals surface area contributed by atoms with E-state index in [4.69, 9.17) is 19.1 Å². The molecule has 12 nitrogen and oxygen atoms in total. The van der Waals surface area contributed by atoms with Gasteiger partial charge >= 0.3 is 12.3 Å². The number of benzene rings is 1. The van der Waals surface area contributed by atoms with Crippen LogP contribution in [0.2, 0.25) is 0 Å². The zero-order valence-electron chi connectivity index (χ0n) is 13.4. The van der Waals surface area contributed by atoms with Gasteiger partial charge < -0.3 is 29.4 Å². The van der Waals surface area contributed by atoms with Gasteiger partial charge in [-0.15, -0.1) is 0 Å². The molecule has 1 aromatic rings. The Kier molecular flexibility index (Phi) is 5.82. The monoisotopic (exact) mass is 372 g/mol. The van der Waals surface area contributed by atoms with Gasteiger partial charge in [0.05, 0.1) is 0 Å². The predicted molar refractivity (Wildman–Crippen MR) is 78.8 cm³/mol. The SMILES string of the molecule is O=C1OCC(CO[NH+]([O-])c2ccccc2[NH+]([O-])OCC2COC(=O)O2)O1. The second kappa shape index (κ2) is 8.27. The number of quaternary nitrogens is 2. The molecule has 2 saturated heterocycles. The predicted octanol–water partition coefficient (Wildman–Crippen LogP) is -1.35. The lowest BCUT2D eigenvalue weighted by Gasteiger charge is -2.25. The molecule has 2 aliphatic heterocycles. The normalized spacial score (nSPS) is 24.4. The van der Waals surface area contributed by atoms with Gasteiger partial charge in [-0.25, -0.2) is 9.59 Å². The van der Waals surface area contributed by atoms with Gasteiger partial charge in [-0.05, 0) is 0 Å². The molecule has 0 bridgehead atoms. The van der Waals surface area contributed by atoms with Gasteiger partial charge in [0.2, 0.25) is 11.4 Å². The van der Waals surface area contributed by atoms with Gasteiger partial charge in [-0.1, -0.05) is 12.1 Å². The summed E-state index contributed by atoms with van der Waals surface area (Å²) in [6.07, 6.45) is -3.04. The molecule has 0 aliphatic carbocycles. The Balaban J connectivity index is 1.55. The quantitative estimate of drug-likeness (QED) is 0.415. The minimum atomic E-state index is -0.827. The van der Waals surface area contributed by atoms with Crippen LogP contribution in [0.15, 0.2) is 24.3 Å². The zero-order valence-corrected chi connectivity index (χ0v) is 13.4. The summed E-state index contributed by atoms with van der Waals surface area (Å²) in [5, 5.41) is 22.9. The van der Waals surface area contributed by atoms with Gasteiger partial charge in [0.1, 0.15) is 26.4 Å². The van der Waals surface area contributed by atoms with Crippen LogP contribution in [0.4, 0.5) is 21.0 Å². The fraction of sp³-hybridized carbons (Fsp3) is 0.429. The van der Waals surface area contributed by atoms with E-state index in [0.717, 1.165) is 0 Å². The number of hydrogen-bond acceptors (Lipinski definition) is 10. The summed E-state index contributed by atoms with van der Waals surface area (Å²) in [7, 11) is 0. The van der Waals surface area contributed by atoms with Crippen LogP contribution in [0.25, 0.3) is 0 Å². The van der Waals surface area contributed by atoms with Crippen LogP contribution in [0.5, 0.6) is 0 Å². The molecule has 4 atom stereocenters. The molecule has 1 aromatic carbocycles. The lowest BCUT2D eigenvalue weighted by molar-refractivity contribution is -1.02. The first kappa shape index (κ1) is 18.3. The fourth-order valence-electron chi connectivity index (χ4n) is 2.23. The topological polar surface area (TPSA) is 145 Å². The van der Waals surface area contributed by atoms with E-state index in [0.29, 0.717) is 0 Å². The van der Waals surface area contributed by atoms with Crippen molar-refractivity contribution < 1.29 is 48.7 Å². The van der Waals surface area contributed by atoms with Gasteiger partial charge in [-0.3, -0.25) is 0 Å². The number of nitrogens with one attached hydrogen (secondary N) is 2. The first-order valence-electron chi connectivity index (χ1n) is 7.63. The van der Waals surface area contributed by atoms with E-state index in [1.54, 1.807) is 12.1 Å². The summed E-state index contributed by atoms with van der Waals surface area (Å²) >= 11 is 0. The van der Waals surface area contributed by atoms with E-state index in [9.17, 15) is 20.0 Å². The maximum atomic E-state index is 12.2. The highest BCUT2D eigenvalue weighted by molar-refractivity contribution is 5.62. The molecule has 26 heavy (non-hydrogen) atoms. The van der Waals surface area contributed by atoms with Crippen LogP contribution in [-0.2, 0) is 28.6 Å². The Morgan fingerprint density at radius 3 is 1.65 bits per heavy atom. The molecule has 3 rings (SSSR count). The summed E-state index contributed by atoms with van der Waals surface area (Å²) in [5.41, 5.74) is -0.0233. The minimum Gasteiger partial charge on any atom is -0.594 e. The maximum Gasteiger partial charge on any atom is 0.508 e. The second-order valence-electron chi connectivity index (χ2n) is 5.34. The molecule has 2 aliphatic rings. The Bertz CT molecular complexity index is 601. The molecule has 0 radical (unpaired) electrons. The number of carbonyl (C=O) groups excluding carboxylic acids is 2. The van der Waals surface area contributed by atoms with E-state index in [1.165, 1.54) is 12.1 Å². The lowest BCUT2D eigenvalue weighted by atomic mass is 10.3. The number of hydrogen-bond donors (Lipinski definition) is 2. The van der Waals surface area contributed by atoms with E-state index in [-0.39, 0.29) is 37.8 Å². The minimum absolute atomic E-state index is 0.0117. The summed E-state index contributed by atoms with van der Waals surface area (Å²) in [6, 6.07) is 5.90. The largest absolute Gasteiger partial charge is 0.594 e. The molecule has 0 aromatic heterocycles. The lowest BCUT2D eigenvalue weighted by Crippen LogP contribution is -3.06. The van der Waals surface area contributed by atoms with Crippen molar-refractivity contribution in [2.24, 2.45) is 0 Å². The Labute approximate surface area is 146 Å². The third-order valence-corrected chi connectivity index (χ3v) is 3.47. The standard InChI is InChI=1S/C14H16N2O10/c17-13-21-5-9(25-13)7-23-15(19)11-3-1-2-4-12(11)16(20)24-8-10-6-22-14(18)26-10/h1-4,9-10,15-16H,5-8H2. The summed E-state index contributed by atoms with van der Waals surface area (Å²) < 4.78 is 18.7. The van der Waals surface area contributed by atoms with Crippen LogP contribution >= 0.6 is 0 Å². The van der Waals surface area contributed by atoms with Crippen molar-refractivity contribution in [2.45, 2.75) is 12.2 Å². The molecule has 2 N–H and O–H groups in total. The van der Waals surface area contributed by atoms with Crippen LogP contribution in [0, 0.1) is 10.4 Å². The highest BCUT2D eigenvalue weighted by atomic mass is 16.9. The molecule has 142 valence electrons. The van der Waals surface area contributed by atoms with Crippen molar-refractivity contribution in [1.82, 2.24) is 0 Å². The summed E-state index contributed by atoms with van der Waals surface area (Å²) in [6.45, 7) is -0.442. The molecular formula is C14H16N2O10. The fourth-order valence-corrected chi connectivity index (χ4v) is 2.23. The number of cyclic esters (lactones) is 4. The highest BCUT2D eigenvalue weighted by Gasteiger charge is 2.29. The maximum absolute atomic E-state index is 12.2. The van der Waals surface area contributed by atoms with Crippen molar-refractivity contribution >= 4 is 23.7 Å².